The van der Waals surface area contributed by atoms with Crippen LogP contribution in [-0.4, -0.2) is 48.4 Å². The van der Waals surface area contributed by atoms with Gasteiger partial charge in [0.1, 0.15) is 6.07 Å². The van der Waals surface area contributed by atoms with Crippen molar-refractivity contribution in [1.82, 2.24) is 9.80 Å². The fourth-order valence-electron chi connectivity index (χ4n) is 2.99. The molecule has 1 aromatic heterocycles. The molecular weight excluding hydrogens is 412 g/mol. The number of benzene rings is 1. The van der Waals surface area contributed by atoms with Crippen molar-refractivity contribution in [2.45, 2.75) is 13.0 Å². The number of carbonyl (C=O) groups is 1. The summed E-state index contributed by atoms with van der Waals surface area (Å²) >= 11 is 5.30. The van der Waals surface area contributed by atoms with E-state index in [1.807, 2.05) is 6.07 Å². The number of rotatable bonds is 6. The summed E-state index contributed by atoms with van der Waals surface area (Å²) in [5.41, 5.74) is 1.08. The molecule has 136 valence electrons. The molecule has 0 aliphatic carbocycles. The Labute approximate surface area is 166 Å². The topological polar surface area (TPSA) is 59.4 Å². The Morgan fingerprint density at radius 1 is 1.15 bits per heavy atom. The summed E-state index contributed by atoms with van der Waals surface area (Å²) in [5.74, 6) is -0.0430. The fourth-order valence-corrected chi connectivity index (χ4v) is 4.52. The number of thiophene rings is 1. The van der Waals surface area contributed by atoms with Gasteiger partial charge in [-0.05, 0) is 40.2 Å². The average molecular weight is 433 g/mol. The Kier molecular flexibility index (Phi) is 6.80. The molecule has 0 saturated carbocycles. The van der Waals surface area contributed by atoms with Crippen molar-refractivity contribution in [2.75, 3.05) is 38.0 Å². The zero-order valence-corrected chi connectivity index (χ0v) is 16.9. The molecule has 1 fully saturated rings. The molecule has 0 unspecified atom stereocenters. The normalized spacial score (nSPS) is 15.5. The van der Waals surface area contributed by atoms with Crippen LogP contribution in [0.3, 0.4) is 0 Å². The summed E-state index contributed by atoms with van der Waals surface area (Å²) in [6, 6.07) is 13.5. The van der Waals surface area contributed by atoms with Crippen LogP contribution in [0.1, 0.15) is 16.9 Å². The average Bonchev–Trinajstić information content (AvgIpc) is 3.06. The third-order valence-electron chi connectivity index (χ3n) is 4.45. The lowest BCUT2D eigenvalue weighted by atomic mass is 10.2. The van der Waals surface area contributed by atoms with E-state index in [9.17, 15) is 4.79 Å². The maximum absolute atomic E-state index is 12.2. The molecule has 7 heteroatoms. The first kappa shape index (κ1) is 19.1. The Morgan fingerprint density at radius 2 is 1.88 bits per heavy atom. The van der Waals surface area contributed by atoms with Crippen molar-refractivity contribution in [3.05, 3.63) is 50.6 Å². The molecule has 0 bridgehead atoms. The summed E-state index contributed by atoms with van der Waals surface area (Å²) in [5, 5.41) is 11.9. The van der Waals surface area contributed by atoms with E-state index in [-0.39, 0.29) is 5.91 Å². The standard InChI is InChI=1S/C19H21BrN4OS/c20-18-6-5-16(26-18)14-24-11-9-23(10-12-24)8-7-19(25)22-17-4-2-1-3-15(17)13-21/h1-6H,7-12,14H2,(H,22,25). The predicted octanol–water partition coefficient (Wildman–Crippen LogP) is 3.53. The predicted molar refractivity (Wildman–Crippen MR) is 108 cm³/mol. The van der Waals surface area contributed by atoms with Crippen LogP contribution in [-0.2, 0) is 11.3 Å². The second kappa shape index (κ2) is 9.28. The van der Waals surface area contributed by atoms with E-state index in [1.165, 1.54) is 8.66 Å². The minimum atomic E-state index is -0.0430. The molecule has 1 N–H and O–H groups in total. The Hall–Kier alpha value is -1.72. The molecule has 1 aliphatic rings. The van der Waals surface area contributed by atoms with Crippen LogP contribution < -0.4 is 5.32 Å². The number of amides is 1. The van der Waals surface area contributed by atoms with Crippen LogP contribution in [0.2, 0.25) is 0 Å². The number of piperazine rings is 1. The second-order valence-corrected chi connectivity index (χ2v) is 8.83. The summed E-state index contributed by atoms with van der Waals surface area (Å²) in [6.45, 7) is 5.75. The zero-order chi connectivity index (χ0) is 18.4. The number of nitrogens with one attached hydrogen (secondary N) is 1. The van der Waals surface area contributed by atoms with E-state index in [1.54, 1.807) is 29.5 Å². The zero-order valence-electron chi connectivity index (χ0n) is 14.4. The first-order valence-electron chi connectivity index (χ1n) is 8.62. The Bertz CT molecular complexity index is 793. The van der Waals surface area contributed by atoms with Gasteiger partial charge in [0.15, 0.2) is 0 Å². The summed E-state index contributed by atoms with van der Waals surface area (Å²) < 4.78 is 1.18. The van der Waals surface area contributed by atoms with Crippen molar-refractivity contribution < 1.29 is 4.79 Å². The molecule has 0 spiro atoms. The van der Waals surface area contributed by atoms with E-state index in [0.29, 0.717) is 17.7 Å². The number of hydrogen-bond donors (Lipinski definition) is 1. The molecule has 5 nitrogen and oxygen atoms in total. The first-order chi connectivity index (χ1) is 12.6. The van der Waals surface area contributed by atoms with Crippen LogP contribution in [0.5, 0.6) is 0 Å². The number of halogens is 1. The van der Waals surface area contributed by atoms with E-state index in [0.717, 1.165) is 39.3 Å². The molecule has 1 aromatic carbocycles. The van der Waals surface area contributed by atoms with E-state index < -0.39 is 0 Å². The van der Waals surface area contributed by atoms with Crippen LogP contribution >= 0.6 is 27.3 Å². The molecule has 2 aromatic rings. The summed E-state index contributed by atoms with van der Waals surface area (Å²) in [6.07, 6.45) is 0.442. The highest BCUT2D eigenvalue weighted by Crippen LogP contribution is 2.23. The van der Waals surface area contributed by atoms with Gasteiger partial charge in [0.2, 0.25) is 5.91 Å². The lowest BCUT2D eigenvalue weighted by Crippen LogP contribution is -2.46. The third-order valence-corrected chi connectivity index (χ3v) is 6.06. The van der Waals surface area contributed by atoms with Gasteiger partial charge in [-0.15, -0.1) is 11.3 Å². The van der Waals surface area contributed by atoms with Crippen molar-refractivity contribution in [3.63, 3.8) is 0 Å². The van der Waals surface area contributed by atoms with Crippen molar-refractivity contribution in [1.29, 1.82) is 5.26 Å². The lowest BCUT2D eigenvalue weighted by molar-refractivity contribution is -0.116. The van der Waals surface area contributed by atoms with Crippen LogP contribution in [0, 0.1) is 11.3 Å². The van der Waals surface area contributed by atoms with Gasteiger partial charge in [-0.3, -0.25) is 9.69 Å². The van der Waals surface area contributed by atoms with Gasteiger partial charge in [-0.1, -0.05) is 12.1 Å². The summed E-state index contributed by atoms with van der Waals surface area (Å²) in [7, 11) is 0. The summed E-state index contributed by atoms with van der Waals surface area (Å²) in [4.78, 5) is 18.3. The number of hydrogen-bond acceptors (Lipinski definition) is 5. The Balaban J connectivity index is 1.39. The highest BCUT2D eigenvalue weighted by Gasteiger charge is 2.18. The number of nitrogens with zero attached hydrogens (tertiary/aromatic N) is 3. The van der Waals surface area contributed by atoms with Gasteiger partial charge in [-0.2, -0.15) is 5.26 Å². The minimum Gasteiger partial charge on any atom is -0.325 e. The minimum absolute atomic E-state index is 0.0430. The molecule has 0 radical (unpaired) electrons. The quantitative estimate of drug-likeness (QED) is 0.758. The maximum Gasteiger partial charge on any atom is 0.225 e. The molecule has 2 heterocycles. The number of nitriles is 1. The third kappa shape index (κ3) is 5.39. The molecular formula is C19H21BrN4OS. The molecule has 0 atom stereocenters. The number of para-hydroxylation sites is 1. The highest BCUT2D eigenvalue weighted by molar-refractivity contribution is 9.11. The van der Waals surface area contributed by atoms with Gasteiger partial charge in [0.05, 0.1) is 15.0 Å². The van der Waals surface area contributed by atoms with Crippen LogP contribution in [0.4, 0.5) is 5.69 Å². The molecule has 26 heavy (non-hydrogen) atoms. The SMILES string of the molecule is N#Cc1ccccc1NC(=O)CCN1CCN(Cc2ccc(Br)s2)CC1. The molecule has 1 amide bonds. The van der Waals surface area contributed by atoms with Gasteiger partial charge in [-0.25, -0.2) is 0 Å². The number of carbonyl (C=O) groups excluding carboxylic acids is 1. The van der Waals surface area contributed by atoms with Gasteiger partial charge in [0.25, 0.3) is 0 Å². The van der Waals surface area contributed by atoms with Gasteiger partial charge in [0, 0.05) is 50.6 Å². The van der Waals surface area contributed by atoms with Crippen LogP contribution in [0.25, 0.3) is 0 Å². The smallest absolute Gasteiger partial charge is 0.225 e. The highest BCUT2D eigenvalue weighted by atomic mass is 79.9. The second-order valence-electron chi connectivity index (χ2n) is 6.28. The van der Waals surface area contributed by atoms with Crippen molar-refractivity contribution >= 4 is 38.9 Å². The maximum atomic E-state index is 12.2. The Morgan fingerprint density at radius 3 is 2.58 bits per heavy atom. The largest absolute Gasteiger partial charge is 0.325 e. The molecule has 3 rings (SSSR count). The molecule has 1 aliphatic heterocycles. The van der Waals surface area contributed by atoms with E-state index in [4.69, 9.17) is 5.26 Å². The molecule has 1 saturated heterocycles. The van der Waals surface area contributed by atoms with Gasteiger partial charge >= 0.3 is 0 Å². The lowest BCUT2D eigenvalue weighted by Gasteiger charge is -2.34. The van der Waals surface area contributed by atoms with E-state index in [2.05, 4.69) is 49.2 Å². The van der Waals surface area contributed by atoms with Crippen molar-refractivity contribution in [3.8, 4) is 6.07 Å². The first-order valence-corrected chi connectivity index (χ1v) is 10.2. The fraction of sp³-hybridized carbons (Fsp3) is 0.368. The van der Waals surface area contributed by atoms with Crippen molar-refractivity contribution in [2.24, 2.45) is 0 Å². The number of anilines is 1. The van der Waals surface area contributed by atoms with Crippen LogP contribution in [0.15, 0.2) is 40.2 Å². The van der Waals surface area contributed by atoms with E-state index >= 15 is 0 Å². The van der Waals surface area contributed by atoms with Gasteiger partial charge < -0.3 is 10.2 Å². The monoisotopic (exact) mass is 432 g/mol.